The molecular weight excluding hydrogens is 306 g/mol. The van der Waals surface area contributed by atoms with Crippen LogP contribution < -0.4 is 5.32 Å². The van der Waals surface area contributed by atoms with E-state index in [2.05, 4.69) is 10.4 Å². The Kier molecular flexibility index (Phi) is 7.42. The summed E-state index contributed by atoms with van der Waals surface area (Å²) in [4.78, 5) is 23.8. The number of ether oxygens (including phenoxy) is 1. The number of hydrazone groups is 1. The molecule has 0 fully saturated rings. The van der Waals surface area contributed by atoms with Crippen molar-refractivity contribution in [1.29, 1.82) is 0 Å². The van der Waals surface area contributed by atoms with Gasteiger partial charge in [0.25, 0.3) is 0 Å². The lowest BCUT2D eigenvalue weighted by Gasteiger charge is -2.23. The molecule has 0 aliphatic carbocycles. The molecule has 0 unspecified atom stereocenters. The molecule has 0 saturated carbocycles. The summed E-state index contributed by atoms with van der Waals surface area (Å²) in [5.74, 6) is -0.0971. The molecule has 1 aromatic rings. The van der Waals surface area contributed by atoms with Gasteiger partial charge in [-0.15, -0.1) is 0 Å². The first-order chi connectivity index (χ1) is 11.7. The van der Waals surface area contributed by atoms with Crippen LogP contribution in [0.15, 0.2) is 35.4 Å². The lowest BCUT2D eigenvalue weighted by molar-refractivity contribution is -0.132. The molecule has 1 aromatic carbocycles. The number of benzene rings is 1. The maximum absolute atomic E-state index is 12.0. The Bertz CT molecular complexity index is 572. The largest absolute Gasteiger partial charge is 0.382 e. The van der Waals surface area contributed by atoms with Crippen LogP contribution in [0.5, 0.6) is 0 Å². The summed E-state index contributed by atoms with van der Waals surface area (Å²) in [6, 6.07) is 9.82. The van der Waals surface area contributed by atoms with Crippen molar-refractivity contribution in [3.63, 3.8) is 0 Å². The first kappa shape index (κ1) is 18.1. The van der Waals surface area contributed by atoms with Crippen LogP contribution in [0.1, 0.15) is 38.2 Å². The second kappa shape index (κ2) is 9.82. The van der Waals surface area contributed by atoms with Crippen LogP contribution in [0.4, 0.5) is 0 Å². The van der Waals surface area contributed by atoms with E-state index >= 15 is 0 Å². The number of carbonyl (C=O) groups is 2. The van der Waals surface area contributed by atoms with Crippen LogP contribution in [0.25, 0.3) is 0 Å². The molecule has 6 nitrogen and oxygen atoms in total. The number of nitrogens with one attached hydrogen (secondary N) is 1. The molecule has 1 N–H and O–H groups in total. The van der Waals surface area contributed by atoms with E-state index < -0.39 is 0 Å². The third-order valence-electron chi connectivity index (χ3n) is 3.75. The molecular formula is C18H25N3O3. The van der Waals surface area contributed by atoms with Gasteiger partial charge in [0, 0.05) is 39.0 Å². The Morgan fingerprint density at radius 3 is 2.83 bits per heavy atom. The molecule has 6 heteroatoms. The normalized spacial score (nSPS) is 14.5. The van der Waals surface area contributed by atoms with Gasteiger partial charge in [0.2, 0.25) is 11.8 Å². The van der Waals surface area contributed by atoms with Gasteiger partial charge in [-0.2, -0.15) is 5.10 Å². The van der Waals surface area contributed by atoms with Gasteiger partial charge in [-0.1, -0.05) is 30.3 Å². The summed E-state index contributed by atoms with van der Waals surface area (Å²) in [5.41, 5.74) is 1.92. The molecule has 130 valence electrons. The molecule has 0 radical (unpaired) electrons. The molecule has 0 aromatic heterocycles. The fourth-order valence-corrected chi connectivity index (χ4v) is 2.46. The highest BCUT2D eigenvalue weighted by Gasteiger charge is 2.21. The summed E-state index contributed by atoms with van der Waals surface area (Å²) in [6.45, 7) is 4.18. The number of carbonyl (C=O) groups excluding carboxylic acids is 2. The van der Waals surface area contributed by atoms with Crippen LogP contribution in [0.3, 0.4) is 0 Å². The monoisotopic (exact) mass is 331 g/mol. The van der Waals surface area contributed by atoms with Gasteiger partial charge >= 0.3 is 0 Å². The Labute approximate surface area is 142 Å². The minimum absolute atomic E-state index is 0.0289. The van der Waals surface area contributed by atoms with Gasteiger partial charge < -0.3 is 10.1 Å². The minimum atomic E-state index is -0.0682. The molecule has 1 heterocycles. The quantitative estimate of drug-likeness (QED) is 0.703. The zero-order chi connectivity index (χ0) is 17.2. The number of rotatable bonds is 9. The predicted octanol–water partition coefficient (Wildman–Crippen LogP) is 1.95. The van der Waals surface area contributed by atoms with Gasteiger partial charge in [-0.25, -0.2) is 5.01 Å². The van der Waals surface area contributed by atoms with E-state index in [1.807, 2.05) is 37.3 Å². The summed E-state index contributed by atoms with van der Waals surface area (Å²) in [7, 11) is 0. The molecule has 1 aliphatic rings. The van der Waals surface area contributed by atoms with Crippen LogP contribution >= 0.6 is 0 Å². The van der Waals surface area contributed by atoms with E-state index in [9.17, 15) is 9.59 Å². The number of amides is 2. The standard InChI is InChI=1S/C18H25N3O3/c1-2-24-14-6-12-19-17(22)11-13-21-18(23)10-9-16(20-21)15-7-4-3-5-8-15/h3-5,7-8H,2,6,9-14H2,1H3,(H,19,22). The van der Waals surface area contributed by atoms with E-state index in [1.165, 1.54) is 5.01 Å². The maximum atomic E-state index is 12.0. The third-order valence-corrected chi connectivity index (χ3v) is 3.75. The first-order valence-corrected chi connectivity index (χ1v) is 8.48. The summed E-state index contributed by atoms with van der Waals surface area (Å²) < 4.78 is 5.22. The fraction of sp³-hybridized carbons (Fsp3) is 0.500. The number of hydrogen-bond donors (Lipinski definition) is 1. The zero-order valence-corrected chi connectivity index (χ0v) is 14.2. The Morgan fingerprint density at radius 2 is 2.08 bits per heavy atom. The fourth-order valence-electron chi connectivity index (χ4n) is 2.46. The van der Waals surface area contributed by atoms with E-state index in [0.717, 1.165) is 17.7 Å². The Morgan fingerprint density at radius 1 is 1.29 bits per heavy atom. The third kappa shape index (κ3) is 5.77. The highest BCUT2D eigenvalue weighted by Crippen LogP contribution is 2.15. The molecule has 0 atom stereocenters. The zero-order valence-electron chi connectivity index (χ0n) is 14.2. The van der Waals surface area contributed by atoms with Crippen molar-refractivity contribution in [1.82, 2.24) is 10.3 Å². The molecule has 2 rings (SSSR count). The number of hydrogen-bond acceptors (Lipinski definition) is 4. The molecule has 24 heavy (non-hydrogen) atoms. The van der Waals surface area contributed by atoms with E-state index in [1.54, 1.807) is 0 Å². The Balaban J connectivity index is 1.80. The van der Waals surface area contributed by atoms with Gasteiger partial charge in [0.05, 0.1) is 12.3 Å². The SMILES string of the molecule is CCOCCCNC(=O)CCN1N=C(c2ccccc2)CCC1=O. The van der Waals surface area contributed by atoms with Crippen LogP contribution in [0.2, 0.25) is 0 Å². The van der Waals surface area contributed by atoms with Gasteiger partial charge in [0.1, 0.15) is 0 Å². The van der Waals surface area contributed by atoms with E-state index in [0.29, 0.717) is 39.1 Å². The highest BCUT2D eigenvalue weighted by atomic mass is 16.5. The van der Waals surface area contributed by atoms with Crippen LogP contribution in [-0.4, -0.2) is 48.8 Å². The van der Waals surface area contributed by atoms with E-state index in [-0.39, 0.29) is 18.2 Å². The average Bonchev–Trinajstić information content (AvgIpc) is 2.61. The molecule has 0 saturated heterocycles. The summed E-state index contributed by atoms with van der Waals surface area (Å²) >= 11 is 0. The van der Waals surface area contributed by atoms with Crippen molar-refractivity contribution in [3.05, 3.63) is 35.9 Å². The molecule has 0 spiro atoms. The highest BCUT2D eigenvalue weighted by molar-refractivity contribution is 6.04. The van der Waals surface area contributed by atoms with Crippen molar-refractivity contribution in [3.8, 4) is 0 Å². The Hall–Kier alpha value is -2.21. The predicted molar refractivity (Wildman–Crippen MR) is 92.7 cm³/mol. The minimum Gasteiger partial charge on any atom is -0.382 e. The smallest absolute Gasteiger partial charge is 0.243 e. The first-order valence-electron chi connectivity index (χ1n) is 8.48. The van der Waals surface area contributed by atoms with Crippen molar-refractivity contribution >= 4 is 17.5 Å². The van der Waals surface area contributed by atoms with Crippen LogP contribution in [-0.2, 0) is 14.3 Å². The second-order valence-electron chi connectivity index (χ2n) is 5.58. The maximum Gasteiger partial charge on any atom is 0.243 e. The number of nitrogens with zero attached hydrogens (tertiary/aromatic N) is 2. The van der Waals surface area contributed by atoms with E-state index in [4.69, 9.17) is 4.74 Å². The van der Waals surface area contributed by atoms with Gasteiger partial charge in [-0.3, -0.25) is 9.59 Å². The van der Waals surface area contributed by atoms with Crippen molar-refractivity contribution in [2.45, 2.75) is 32.6 Å². The lowest BCUT2D eigenvalue weighted by atomic mass is 10.0. The molecule has 1 aliphatic heterocycles. The molecule has 2 amide bonds. The van der Waals surface area contributed by atoms with Crippen LogP contribution in [0, 0.1) is 0 Å². The van der Waals surface area contributed by atoms with Gasteiger partial charge in [0.15, 0.2) is 0 Å². The summed E-state index contributed by atoms with van der Waals surface area (Å²) in [6.07, 6.45) is 2.12. The van der Waals surface area contributed by atoms with Crippen molar-refractivity contribution in [2.24, 2.45) is 5.10 Å². The van der Waals surface area contributed by atoms with Crippen molar-refractivity contribution < 1.29 is 14.3 Å². The lowest BCUT2D eigenvalue weighted by Crippen LogP contribution is -2.35. The summed E-state index contributed by atoms with van der Waals surface area (Å²) in [5, 5.41) is 8.68. The second-order valence-corrected chi connectivity index (χ2v) is 5.58. The average molecular weight is 331 g/mol. The molecule has 0 bridgehead atoms. The van der Waals surface area contributed by atoms with Gasteiger partial charge in [-0.05, 0) is 18.9 Å². The van der Waals surface area contributed by atoms with Crippen molar-refractivity contribution in [2.75, 3.05) is 26.3 Å². The topological polar surface area (TPSA) is 71.0 Å².